The third kappa shape index (κ3) is 4.29. The number of aromatic nitrogens is 1. The Morgan fingerprint density at radius 2 is 1.78 bits per heavy atom. The molecule has 0 aliphatic carbocycles. The van der Waals surface area contributed by atoms with Crippen LogP contribution in [0.15, 0.2) is 72.8 Å². The maximum atomic E-state index is 14.2. The van der Waals surface area contributed by atoms with Gasteiger partial charge in [-0.2, -0.15) is 12.6 Å². The second-order valence-electron chi connectivity index (χ2n) is 9.89. The molecule has 1 aromatic heterocycles. The van der Waals surface area contributed by atoms with Crippen LogP contribution in [0.25, 0.3) is 10.9 Å². The fourth-order valence-electron chi connectivity index (χ4n) is 5.71. The van der Waals surface area contributed by atoms with Gasteiger partial charge in [-0.3, -0.25) is 14.5 Å². The van der Waals surface area contributed by atoms with E-state index in [-0.39, 0.29) is 17.0 Å². The first-order valence-electron chi connectivity index (χ1n) is 13.0. The number of methoxy groups -OCH3 is 1. The fourth-order valence-corrected chi connectivity index (χ4v) is 5.96. The molecule has 3 atom stereocenters. The number of carbonyl (C=O) groups is 4. The van der Waals surface area contributed by atoms with Gasteiger partial charge in [-0.15, -0.1) is 0 Å². The van der Waals surface area contributed by atoms with Gasteiger partial charge in [0, 0.05) is 28.8 Å². The van der Waals surface area contributed by atoms with Crippen molar-refractivity contribution in [3.63, 3.8) is 0 Å². The molecule has 3 heterocycles. The number of thiol groups is 1. The molecule has 3 unspecified atom stereocenters. The maximum absolute atomic E-state index is 14.2. The number of benzene rings is 3. The molecule has 1 fully saturated rings. The van der Waals surface area contributed by atoms with Crippen LogP contribution in [-0.2, 0) is 16.0 Å². The summed E-state index contributed by atoms with van der Waals surface area (Å²) in [5, 5.41) is 12.8. The summed E-state index contributed by atoms with van der Waals surface area (Å²) in [6.45, 7) is 0. The van der Waals surface area contributed by atoms with Crippen LogP contribution in [0.2, 0.25) is 0 Å². The van der Waals surface area contributed by atoms with Gasteiger partial charge in [0.2, 0.25) is 0 Å². The van der Waals surface area contributed by atoms with E-state index in [0.29, 0.717) is 12.2 Å². The van der Waals surface area contributed by atoms with Gasteiger partial charge in [-0.1, -0.05) is 42.5 Å². The Labute approximate surface area is 240 Å². The molecular formula is C30H26N4O6S. The minimum Gasteiger partial charge on any atom is -0.497 e. The number of anilines is 1. The average molecular weight is 571 g/mol. The standard InChI is InChI=1S/C30H26N4O6S/c1-40-17-12-10-16(11-13-17)26-25-20(18-6-2-4-8-21(18)31-25)14-24-28(36)34(30(39)33(24)26)23-9-5-3-7-19(23)27(35)32-22(15-41)29(37)38/h2-13,22,24,26,31,41H,14-15H2,1H3,(H,32,35)(H,37,38). The molecule has 2 aliphatic rings. The number of rotatable bonds is 7. The zero-order chi connectivity index (χ0) is 28.8. The molecule has 11 heteroatoms. The van der Waals surface area contributed by atoms with E-state index in [2.05, 4.69) is 22.9 Å². The third-order valence-electron chi connectivity index (χ3n) is 7.66. The Bertz CT molecular complexity index is 1700. The van der Waals surface area contributed by atoms with E-state index in [9.17, 15) is 24.3 Å². The number of carboxylic acid groups (broad SMARTS) is 1. The van der Waals surface area contributed by atoms with Crippen LogP contribution < -0.4 is 15.0 Å². The number of hydrogen-bond acceptors (Lipinski definition) is 6. The number of aromatic amines is 1. The fraction of sp³-hybridized carbons (Fsp3) is 0.200. The van der Waals surface area contributed by atoms with E-state index in [1.54, 1.807) is 36.3 Å². The highest BCUT2D eigenvalue weighted by Gasteiger charge is 2.53. The SMILES string of the molecule is COc1ccc(C2c3[nH]c4ccccc4c3CC3C(=O)N(c4ccccc4C(=O)NC(CS)C(=O)O)C(=O)N32)cc1. The topological polar surface area (TPSA) is 132 Å². The number of ether oxygens (including phenoxy) is 1. The van der Waals surface area contributed by atoms with Crippen molar-refractivity contribution < 1.29 is 29.0 Å². The highest BCUT2D eigenvalue weighted by atomic mass is 32.1. The number of nitrogens with one attached hydrogen (secondary N) is 2. The van der Waals surface area contributed by atoms with E-state index in [4.69, 9.17) is 4.74 Å². The first-order chi connectivity index (χ1) is 19.8. The molecule has 4 amide bonds. The monoisotopic (exact) mass is 570 g/mol. The van der Waals surface area contributed by atoms with Crippen LogP contribution in [-0.4, -0.2) is 63.8 Å². The zero-order valence-electron chi connectivity index (χ0n) is 21.9. The zero-order valence-corrected chi connectivity index (χ0v) is 22.8. The van der Waals surface area contributed by atoms with Crippen LogP contribution in [0.1, 0.15) is 33.2 Å². The number of fused-ring (bicyclic) bond motifs is 4. The van der Waals surface area contributed by atoms with Gasteiger partial charge < -0.3 is 20.1 Å². The number of H-pyrrole nitrogens is 1. The minimum atomic E-state index is -1.24. The van der Waals surface area contributed by atoms with E-state index in [0.717, 1.165) is 32.6 Å². The number of nitrogens with zero attached hydrogens (tertiary/aromatic N) is 2. The number of aliphatic carboxylic acids is 1. The van der Waals surface area contributed by atoms with Gasteiger partial charge in [0.05, 0.1) is 18.4 Å². The average Bonchev–Trinajstić information content (AvgIpc) is 3.48. The second-order valence-corrected chi connectivity index (χ2v) is 10.3. The van der Waals surface area contributed by atoms with Crippen molar-refractivity contribution in [2.45, 2.75) is 24.5 Å². The van der Waals surface area contributed by atoms with Crippen molar-refractivity contribution in [2.75, 3.05) is 17.8 Å². The molecule has 10 nitrogen and oxygen atoms in total. The molecule has 3 N–H and O–H groups in total. The Balaban J connectivity index is 1.45. The van der Waals surface area contributed by atoms with E-state index < -0.39 is 41.9 Å². The molecule has 3 aromatic carbocycles. The smallest absolute Gasteiger partial charge is 0.332 e. The van der Waals surface area contributed by atoms with Crippen molar-refractivity contribution in [2.24, 2.45) is 0 Å². The predicted octanol–water partition coefficient (Wildman–Crippen LogP) is 3.77. The quantitative estimate of drug-likeness (QED) is 0.198. The lowest BCUT2D eigenvalue weighted by Crippen LogP contribution is -2.44. The molecule has 0 saturated carbocycles. The van der Waals surface area contributed by atoms with Crippen LogP contribution in [0.3, 0.4) is 0 Å². The molecule has 41 heavy (non-hydrogen) atoms. The number of amides is 4. The number of hydrogen-bond donors (Lipinski definition) is 4. The lowest BCUT2D eigenvalue weighted by molar-refractivity contribution is -0.138. The minimum absolute atomic E-state index is 0.00653. The molecular weight excluding hydrogens is 544 g/mol. The number of para-hydroxylation sites is 2. The third-order valence-corrected chi connectivity index (χ3v) is 8.02. The Morgan fingerprint density at radius 1 is 1.07 bits per heavy atom. The van der Waals surface area contributed by atoms with Crippen molar-refractivity contribution in [3.05, 3.63) is 95.2 Å². The van der Waals surface area contributed by atoms with E-state index in [1.807, 2.05) is 36.4 Å². The molecule has 2 aliphatic heterocycles. The van der Waals surface area contributed by atoms with Gasteiger partial charge in [0.15, 0.2) is 0 Å². The first-order valence-corrected chi connectivity index (χ1v) is 13.6. The number of carbonyl (C=O) groups excluding carboxylic acids is 3. The van der Waals surface area contributed by atoms with Crippen molar-refractivity contribution in [1.29, 1.82) is 0 Å². The first kappa shape index (κ1) is 26.5. The van der Waals surface area contributed by atoms with Crippen molar-refractivity contribution in [1.82, 2.24) is 15.2 Å². The van der Waals surface area contributed by atoms with Gasteiger partial charge >= 0.3 is 12.0 Å². The summed E-state index contributed by atoms with van der Waals surface area (Å²) in [7, 11) is 1.57. The second kappa shape index (κ2) is 10.3. The van der Waals surface area contributed by atoms with Crippen LogP contribution >= 0.6 is 12.6 Å². The van der Waals surface area contributed by atoms with Crippen LogP contribution in [0.5, 0.6) is 5.75 Å². The molecule has 6 rings (SSSR count). The van der Waals surface area contributed by atoms with Crippen molar-refractivity contribution in [3.8, 4) is 5.75 Å². The molecule has 208 valence electrons. The largest absolute Gasteiger partial charge is 0.497 e. The molecule has 0 bridgehead atoms. The highest BCUT2D eigenvalue weighted by Crippen LogP contribution is 2.45. The predicted molar refractivity (Wildman–Crippen MR) is 155 cm³/mol. The summed E-state index contributed by atoms with van der Waals surface area (Å²) in [6.07, 6.45) is 0.294. The Kier molecular flexibility index (Phi) is 6.66. The molecule has 0 spiro atoms. The van der Waals surface area contributed by atoms with E-state index in [1.165, 1.54) is 12.1 Å². The summed E-state index contributed by atoms with van der Waals surface area (Å²) < 4.78 is 5.33. The van der Waals surface area contributed by atoms with Gasteiger partial charge in [0.25, 0.3) is 11.8 Å². The summed E-state index contributed by atoms with van der Waals surface area (Å²) >= 11 is 4.01. The van der Waals surface area contributed by atoms with E-state index >= 15 is 0 Å². The maximum Gasteiger partial charge on any atom is 0.332 e. The Hall–Kier alpha value is -4.77. The van der Waals surface area contributed by atoms with Crippen molar-refractivity contribution >= 4 is 53.0 Å². The van der Waals surface area contributed by atoms with Crippen LogP contribution in [0, 0.1) is 0 Å². The van der Waals surface area contributed by atoms with Crippen LogP contribution in [0.4, 0.5) is 10.5 Å². The number of imide groups is 1. The highest BCUT2D eigenvalue weighted by molar-refractivity contribution is 7.80. The number of carboxylic acids is 1. The van der Waals surface area contributed by atoms with Gasteiger partial charge in [-0.25, -0.2) is 14.5 Å². The molecule has 1 saturated heterocycles. The lowest BCUT2D eigenvalue weighted by Gasteiger charge is -2.36. The van der Waals surface area contributed by atoms with Gasteiger partial charge in [0.1, 0.15) is 23.9 Å². The normalized spacial score (nSPS) is 18.7. The summed E-state index contributed by atoms with van der Waals surface area (Å²) in [4.78, 5) is 59.0. The summed E-state index contributed by atoms with van der Waals surface area (Å²) in [5.74, 6) is -1.91. The summed E-state index contributed by atoms with van der Waals surface area (Å²) in [5.41, 5.74) is 3.56. The lowest BCUT2D eigenvalue weighted by atomic mass is 9.89. The number of urea groups is 1. The molecule has 4 aromatic rings. The van der Waals surface area contributed by atoms with Gasteiger partial charge in [-0.05, 0) is 41.5 Å². The Morgan fingerprint density at radius 3 is 2.49 bits per heavy atom. The molecule has 0 radical (unpaired) electrons. The summed E-state index contributed by atoms with van der Waals surface area (Å²) in [6, 6.07) is 18.1.